The molecule has 1 amide bonds. The van der Waals surface area contributed by atoms with Gasteiger partial charge < -0.3 is 24.7 Å². The molecule has 0 saturated heterocycles. The van der Waals surface area contributed by atoms with Crippen LogP contribution in [-0.2, 0) is 11.3 Å². The van der Waals surface area contributed by atoms with E-state index in [1.54, 1.807) is 7.11 Å². The van der Waals surface area contributed by atoms with E-state index >= 15 is 0 Å². The highest BCUT2D eigenvalue weighted by Gasteiger charge is 2.29. The average Bonchev–Trinajstić information content (AvgIpc) is 2.82. The monoisotopic (exact) mass is 495 g/mol. The second-order valence-corrected chi connectivity index (χ2v) is 10.4. The summed E-state index contributed by atoms with van der Waals surface area (Å²) >= 11 is 0. The Morgan fingerprint density at radius 2 is 1.81 bits per heavy atom. The molecular weight excluding hydrogens is 454 g/mol. The number of carbonyl (C=O) groups excluding carboxylic acids is 1. The van der Waals surface area contributed by atoms with Gasteiger partial charge in [0.05, 0.1) is 12.2 Å². The fourth-order valence-corrected chi connectivity index (χ4v) is 5.56. The fraction of sp³-hybridized carbons (Fsp3) is 0.586. The number of H-pyrrole nitrogens is 1. The van der Waals surface area contributed by atoms with Crippen molar-refractivity contribution < 1.29 is 14.3 Å². The third-order valence-electron chi connectivity index (χ3n) is 7.90. The highest BCUT2D eigenvalue weighted by molar-refractivity contribution is 5.97. The number of amides is 1. The minimum Gasteiger partial charge on any atom is -0.490 e. The van der Waals surface area contributed by atoms with Crippen LogP contribution in [0.5, 0.6) is 5.75 Å². The van der Waals surface area contributed by atoms with Gasteiger partial charge in [-0.15, -0.1) is 0 Å². The first-order valence-corrected chi connectivity index (χ1v) is 13.4. The molecule has 2 unspecified atom stereocenters. The lowest BCUT2D eigenvalue weighted by atomic mass is 9.90. The van der Waals surface area contributed by atoms with Crippen molar-refractivity contribution in [1.82, 2.24) is 10.3 Å². The van der Waals surface area contributed by atoms with E-state index in [1.807, 2.05) is 32.9 Å². The first-order valence-electron chi connectivity index (χ1n) is 13.4. The van der Waals surface area contributed by atoms with Gasteiger partial charge in [0, 0.05) is 54.8 Å². The number of hydrogen-bond donors (Lipinski definition) is 2. The average molecular weight is 496 g/mol. The summed E-state index contributed by atoms with van der Waals surface area (Å²) in [4.78, 5) is 31.2. The van der Waals surface area contributed by atoms with E-state index in [0.717, 1.165) is 73.3 Å². The molecule has 2 aliphatic rings. The summed E-state index contributed by atoms with van der Waals surface area (Å²) in [5, 5.41) is 2.99. The molecule has 7 nitrogen and oxygen atoms in total. The van der Waals surface area contributed by atoms with Crippen LogP contribution in [0.15, 0.2) is 23.0 Å². The number of methoxy groups -OCH3 is 1. The van der Waals surface area contributed by atoms with Gasteiger partial charge in [0.2, 0.25) is 0 Å². The van der Waals surface area contributed by atoms with Crippen LogP contribution in [0, 0.1) is 20.8 Å². The number of benzene rings is 1. The summed E-state index contributed by atoms with van der Waals surface area (Å²) in [6.45, 7) is 8.96. The van der Waals surface area contributed by atoms with Gasteiger partial charge in [-0.25, -0.2) is 0 Å². The lowest BCUT2D eigenvalue weighted by Crippen LogP contribution is -2.41. The van der Waals surface area contributed by atoms with Crippen molar-refractivity contribution in [2.24, 2.45) is 0 Å². The molecule has 2 saturated carbocycles. The van der Waals surface area contributed by atoms with Crippen molar-refractivity contribution in [3.63, 3.8) is 0 Å². The molecule has 2 atom stereocenters. The van der Waals surface area contributed by atoms with Gasteiger partial charge in [-0.1, -0.05) is 0 Å². The third kappa shape index (κ3) is 5.77. The number of aromatic nitrogens is 1. The van der Waals surface area contributed by atoms with Gasteiger partial charge >= 0.3 is 0 Å². The van der Waals surface area contributed by atoms with Crippen molar-refractivity contribution in [3.8, 4) is 5.75 Å². The molecule has 1 heterocycles. The molecule has 0 aliphatic heterocycles. The minimum absolute atomic E-state index is 0.158. The minimum atomic E-state index is -0.193. The predicted octanol–water partition coefficient (Wildman–Crippen LogP) is 4.95. The van der Waals surface area contributed by atoms with E-state index in [4.69, 9.17) is 9.47 Å². The molecule has 2 N–H and O–H groups in total. The molecule has 2 aromatic rings. The lowest BCUT2D eigenvalue weighted by Gasteiger charge is -2.39. The summed E-state index contributed by atoms with van der Waals surface area (Å²) in [7, 11) is 1.80. The molecule has 196 valence electrons. The highest BCUT2D eigenvalue weighted by Crippen LogP contribution is 2.36. The molecule has 0 bridgehead atoms. The Morgan fingerprint density at radius 1 is 1.08 bits per heavy atom. The van der Waals surface area contributed by atoms with Gasteiger partial charge in [-0.2, -0.15) is 0 Å². The van der Waals surface area contributed by atoms with Crippen LogP contribution in [0.3, 0.4) is 0 Å². The van der Waals surface area contributed by atoms with E-state index in [-0.39, 0.29) is 30.2 Å². The number of pyridine rings is 1. The van der Waals surface area contributed by atoms with Crippen molar-refractivity contribution in [3.05, 3.63) is 56.5 Å². The number of nitrogens with zero attached hydrogens (tertiary/aromatic N) is 1. The van der Waals surface area contributed by atoms with E-state index in [1.165, 1.54) is 6.42 Å². The Labute approximate surface area is 214 Å². The normalized spacial score (nSPS) is 20.0. The van der Waals surface area contributed by atoms with Gasteiger partial charge in [0.1, 0.15) is 5.75 Å². The number of anilines is 1. The van der Waals surface area contributed by atoms with Gasteiger partial charge in [0.15, 0.2) is 0 Å². The molecule has 0 radical (unpaired) electrons. The number of hydrogen-bond acceptors (Lipinski definition) is 5. The quantitative estimate of drug-likeness (QED) is 0.515. The van der Waals surface area contributed by atoms with Gasteiger partial charge in [0.25, 0.3) is 11.5 Å². The largest absolute Gasteiger partial charge is 0.490 e. The van der Waals surface area contributed by atoms with E-state index in [2.05, 4.69) is 28.2 Å². The zero-order valence-electron chi connectivity index (χ0n) is 22.4. The lowest BCUT2D eigenvalue weighted by molar-refractivity contribution is 0.0632. The third-order valence-corrected chi connectivity index (χ3v) is 7.90. The van der Waals surface area contributed by atoms with Crippen LogP contribution < -0.4 is 20.5 Å². The summed E-state index contributed by atoms with van der Waals surface area (Å²) < 4.78 is 12.0. The molecule has 1 aromatic carbocycles. The topological polar surface area (TPSA) is 83.7 Å². The number of aromatic amines is 1. The van der Waals surface area contributed by atoms with Gasteiger partial charge in [-0.3, -0.25) is 9.59 Å². The summed E-state index contributed by atoms with van der Waals surface area (Å²) in [6, 6.07) is 6.26. The van der Waals surface area contributed by atoms with E-state index in [9.17, 15) is 9.59 Å². The zero-order valence-corrected chi connectivity index (χ0v) is 22.4. The number of ether oxygens (including phenoxy) is 2. The molecule has 0 spiro atoms. The van der Waals surface area contributed by atoms with Crippen LogP contribution in [-0.4, -0.2) is 42.8 Å². The van der Waals surface area contributed by atoms with Crippen molar-refractivity contribution in [1.29, 1.82) is 0 Å². The van der Waals surface area contributed by atoms with Crippen LogP contribution in [0.4, 0.5) is 5.69 Å². The Balaban J connectivity index is 1.63. The second-order valence-electron chi connectivity index (χ2n) is 10.4. The number of aryl methyl sites for hydroxylation is 2. The summed E-state index contributed by atoms with van der Waals surface area (Å²) in [5.41, 5.74) is 4.69. The summed E-state index contributed by atoms with van der Waals surface area (Å²) in [5.74, 6) is 0.550. The molecule has 4 rings (SSSR count). The Bertz CT molecular complexity index is 1140. The number of carbonyl (C=O) groups is 1. The van der Waals surface area contributed by atoms with E-state index in [0.29, 0.717) is 17.2 Å². The SMILES string of the molecule is CCN(c1cc(OC2CCC2)cc(C(=O)NCc2c(C)cc(C)[nH]c2=O)c1C)C1CCCC(OC)C1. The fourth-order valence-electron chi connectivity index (χ4n) is 5.56. The summed E-state index contributed by atoms with van der Waals surface area (Å²) in [6.07, 6.45) is 8.09. The first kappa shape index (κ1) is 26.3. The molecule has 2 fully saturated rings. The maximum absolute atomic E-state index is 13.5. The maximum atomic E-state index is 13.5. The Morgan fingerprint density at radius 3 is 2.44 bits per heavy atom. The molecule has 1 aromatic heterocycles. The van der Waals surface area contributed by atoms with Crippen molar-refractivity contribution >= 4 is 11.6 Å². The standard InChI is InChI=1S/C29H41N3O4/c1-6-32(21-9-7-12-23(14-21)35-5)27-16-24(36-22-10-8-11-22)15-25(20(27)4)28(33)30-17-26-18(2)13-19(3)31-29(26)34/h13,15-16,21-23H,6-12,14,17H2,1-5H3,(H,30,33)(H,31,34). The molecule has 36 heavy (non-hydrogen) atoms. The smallest absolute Gasteiger partial charge is 0.253 e. The highest BCUT2D eigenvalue weighted by atomic mass is 16.5. The number of rotatable bonds is 9. The molecule has 7 heteroatoms. The Kier molecular flexibility index (Phi) is 8.39. The predicted molar refractivity (Wildman–Crippen MR) is 143 cm³/mol. The van der Waals surface area contributed by atoms with Crippen LogP contribution in [0.25, 0.3) is 0 Å². The second kappa shape index (κ2) is 11.5. The molecule has 2 aliphatic carbocycles. The zero-order chi connectivity index (χ0) is 25.8. The van der Waals surface area contributed by atoms with Gasteiger partial charge in [-0.05, 0) is 95.9 Å². The first-order chi connectivity index (χ1) is 17.3. The van der Waals surface area contributed by atoms with Crippen molar-refractivity contribution in [2.45, 2.75) is 97.4 Å². The number of nitrogens with one attached hydrogen (secondary N) is 2. The Hall–Kier alpha value is -2.80. The van der Waals surface area contributed by atoms with E-state index < -0.39 is 0 Å². The van der Waals surface area contributed by atoms with Crippen LogP contribution in [0.2, 0.25) is 0 Å². The van der Waals surface area contributed by atoms with Crippen LogP contribution in [0.1, 0.15) is 84.6 Å². The maximum Gasteiger partial charge on any atom is 0.253 e. The van der Waals surface area contributed by atoms with Crippen LogP contribution >= 0.6 is 0 Å². The molecular formula is C29H41N3O4. The van der Waals surface area contributed by atoms with Crippen molar-refractivity contribution in [2.75, 3.05) is 18.6 Å².